The van der Waals surface area contributed by atoms with Gasteiger partial charge in [0.15, 0.2) is 6.61 Å². The Morgan fingerprint density at radius 3 is 1.96 bits per heavy atom. The Kier molecular flexibility index (Phi) is 8.34. The highest BCUT2D eigenvalue weighted by Crippen LogP contribution is 2.26. The van der Waals surface area contributed by atoms with Crippen molar-refractivity contribution in [2.24, 2.45) is 0 Å². The second kappa shape index (κ2) is 9.98. The van der Waals surface area contributed by atoms with Crippen molar-refractivity contribution in [3.63, 3.8) is 0 Å². The Morgan fingerprint density at radius 1 is 0.920 bits per heavy atom. The summed E-state index contributed by atoms with van der Waals surface area (Å²) in [5, 5.41) is 17.4. The monoisotopic (exact) mass is 406 g/mol. The minimum absolute atomic E-state index is 0.301. The summed E-state index contributed by atoms with van der Waals surface area (Å²) in [7, 11) is 0. The van der Waals surface area contributed by atoms with Crippen molar-refractivity contribution in [3.8, 4) is 11.5 Å². The van der Waals surface area contributed by atoms with Crippen LogP contribution in [0.4, 0.5) is 0 Å². The third-order valence-corrected chi connectivity index (χ3v) is 3.14. The van der Waals surface area contributed by atoms with E-state index in [1.807, 2.05) is 0 Å². The number of halogens is 3. The summed E-state index contributed by atoms with van der Waals surface area (Å²) >= 11 is 16.3. The molecule has 0 atom stereocenters. The molecule has 0 spiro atoms. The molecule has 0 aliphatic heterocycles. The number of aliphatic carboxylic acids is 2. The van der Waals surface area contributed by atoms with Crippen LogP contribution in [-0.4, -0.2) is 33.3 Å². The van der Waals surface area contributed by atoms with Gasteiger partial charge in [0.05, 0.1) is 0 Å². The average molecular weight is 408 g/mol. The lowest BCUT2D eigenvalue weighted by molar-refractivity contribution is -0.143. The third kappa shape index (κ3) is 8.49. The van der Waals surface area contributed by atoms with Crippen molar-refractivity contribution < 1.29 is 29.3 Å². The number of hydrogen-bond acceptors (Lipinski definition) is 4. The molecule has 2 aromatic carbocycles. The van der Waals surface area contributed by atoms with Crippen LogP contribution in [0.3, 0.4) is 0 Å². The zero-order valence-electron chi connectivity index (χ0n) is 12.6. The molecule has 0 fully saturated rings. The van der Waals surface area contributed by atoms with Crippen LogP contribution in [-0.2, 0) is 9.59 Å². The molecule has 2 rings (SSSR count). The van der Waals surface area contributed by atoms with Crippen molar-refractivity contribution in [2.75, 3.05) is 6.61 Å². The van der Waals surface area contributed by atoms with Crippen molar-refractivity contribution >= 4 is 46.7 Å². The highest BCUT2D eigenvalue weighted by Gasteiger charge is 2.36. The first-order valence-electron chi connectivity index (χ1n) is 6.66. The van der Waals surface area contributed by atoms with E-state index in [2.05, 4.69) is 0 Å². The molecule has 0 aromatic heterocycles. The van der Waals surface area contributed by atoms with Gasteiger partial charge in [-0.25, -0.2) is 9.59 Å². The van der Waals surface area contributed by atoms with E-state index in [1.54, 1.807) is 54.6 Å². The molecule has 0 saturated carbocycles. The zero-order valence-corrected chi connectivity index (χ0v) is 14.8. The number of carboxylic acids is 2. The van der Waals surface area contributed by atoms with E-state index in [0.29, 0.717) is 16.5 Å². The van der Waals surface area contributed by atoms with E-state index < -0.39 is 16.5 Å². The molecule has 2 aromatic rings. The molecule has 6 nitrogen and oxygen atoms in total. The molecular formula is C16H13Cl3O6. The van der Waals surface area contributed by atoms with E-state index in [0.717, 1.165) is 0 Å². The molecule has 0 aliphatic carbocycles. The Hall–Kier alpha value is -2.15. The van der Waals surface area contributed by atoms with Crippen molar-refractivity contribution in [3.05, 3.63) is 59.6 Å². The van der Waals surface area contributed by atoms with E-state index in [-0.39, 0.29) is 6.61 Å². The van der Waals surface area contributed by atoms with Crippen LogP contribution >= 0.6 is 34.8 Å². The molecule has 0 heterocycles. The molecular weight excluding hydrogens is 395 g/mol. The first-order valence-corrected chi connectivity index (χ1v) is 7.79. The first-order chi connectivity index (χ1) is 11.7. The number of carboxylic acid groups (broad SMARTS) is 2. The van der Waals surface area contributed by atoms with Gasteiger partial charge in [-0.1, -0.05) is 29.8 Å². The number of hydrogen-bond donors (Lipinski definition) is 2. The van der Waals surface area contributed by atoms with Crippen LogP contribution in [0.1, 0.15) is 0 Å². The number of benzene rings is 2. The summed E-state index contributed by atoms with van der Waals surface area (Å²) in [5.41, 5.74) is 0. The quantitative estimate of drug-likeness (QED) is 0.701. The van der Waals surface area contributed by atoms with Gasteiger partial charge < -0.3 is 19.7 Å². The lowest BCUT2D eigenvalue weighted by Crippen LogP contribution is -2.32. The maximum absolute atomic E-state index is 10.4. The molecule has 0 radical (unpaired) electrons. The van der Waals surface area contributed by atoms with Crippen LogP contribution in [0.25, 0.3) is 0 Å². The number of para-hydroxylation sites is 1. The number of alkyl halides is 2. The summed E-state index contributed by atoms with van der Waals surface area (Å²) < 4.78 is 7.42. The lowest BCUT2D eigenvalue weighted by Gasteiger charge is -2.15. The first kappa shape index (κ1) is 20.9. The summed E-state index contributed by atoms with van der Waals surface area (Å²) in [6.45, 7) is -0.332. The van der Waals surface area contributed by atoms with Gasteiger partial charge in [-0.2, -0.15) is 0 Å². The summed E-state index contributed by atoms with van der Waals surface area (Å²) in [6.07, 6.45) is 0. The minimum atomic E-state index is -2.23. The molecule has 0 saturated heterocycles. The van der Waals surface area contributed by atoms with E-state index in [9.17, 15) is 9.59 Å². The zero-order chi connectivity index (χ0) is 18.9. The fourth-order valence-electron chi connectivity index (χ4n) is 1.36. The Bertz CT molecular complexity index is 689. The SMILES string of the molecule is O=C(O)C(Cl)(Cl)Oc1ccccc1.O=C(O)COc1ccc(Cl)cc1. The summed E-state index contributed by atoms with van der Waals surface area (Å²) in [5.74, 6) is -1.64. The Morgan fingerprint density at radius 2 is 1.48 bits per heavy atom. The molecule has 0 aliphatic rings. The van der Waals surface area contributed by atoms with Gasteiger partial charge in [0.2, 0.25) is 0 Å². The highest BCUT2D eigenvalue weighted by atomic mass is 35.5. The van der Waals surface area contributed by atoms with Gasteiger partial charge in [-0.05, 0) is 59.6 Å². The van der Waals surface area contributed by atoms with E-state index in [1.165, 1.54) is 0 Å². The van der Waals surface area contributed by atoms with Crippen LogP contribution in [0.2, 0.25) is 5.02 Å². The van der Waals surface area contributed by atoms with Crippen molar-refractivity contribution in [1.82, 2.24) is 0 Å². The van der Waals surface area contributed by atoms with Gasteiger partial charge in [-0.3, -0.25) is 0 Å². The smallest absolute Gasteiger partial charge is 0.381 e. The normalized spacial score (nSPS) is 10.2. The predicted octanol–water partition coefficient (Wildman–Crippen LogP) is 4.08. The number of rotatable bonds is 6. The summed E-state index contributed by atoms with van der Waals surface area (Å²) in [6, 6.07) is 14.7. The fraction of sp³-hybridized carbons (Fsp3) is 0.125. The highest BCUT2D eigenvalue weighted by molar-refractivity contribution is 6.56. The molecule has 0 bridgehead atoms. The van der Waals surface area contributed by atoms with Crippen LogP contribution in [0, 0.1) is 0 Å². The predicted molar refractivity (Wildman–Crippen MR) is 93.7 cm³/mol. The lowest BCUT2D eigenvalue weighted by atomic mass is 10.3. The van der Waals surface area contributed by atoms with Crippen LogP contribution in [0.15, 0.2) is 54.6 Å². The number of carbonyl (C=O) groups is 2. The molecule has 25 heavy (non-hydrogen) atoms. The van der Waals surface area contributed by atoms with Crippen molar-refractivity contribution in [1.29, 1.82) is 0 Å². The van der Waals surface area contributed by atoms with Gasteiger partial charge in [0, 0.05) is 5.02 Å². The third-order valence-electron chi connectivity index (χ3n) is 2.41. The minimum Gasteiger partial charge on any atom is -0.482 e. The van der Waals surface area contributed by atoms with Gasteiger partial charge in [0.25, 0.3) is 0 Å². The Balaban J connectivity index is 0.000000251. The standard InChI is InChI=1S/C8H6Cl2O3.C8H7ClO3/c9-8(10,7(11)12)13-6-4-2-1-3-5-6;9-6-1-3-7(4-2-6)12-5-8(10)11/h1-5H,(H,11,12);1-4H,5H2,(H,10,11). The molecule has 2 N–H and O–H groups in total. The average Bonchev–Trinajstić information content (AvgIpc) is 2.55. The molecule has 9 heteroatoms. The molecule has 0 unspecified atom stereocenters. The second-order valence-corrected chi connectivity index (χ2v) is 6.07. The maximum atomic E-state index is 10.4. The molecule has 134 valence electrons. The topological polar surface area (TPSA) is 93.1 Å². The molecule has 0 amide bonds. The summed E-state index contributed by atoms with van der Waals surface area (Å²) in [4.78, 5) is 20.5. The van der Waals surface area contributed by atoms with Crippen LogP contribution < -0.4 is 9.47 Å². The Labute approximate surface area is 158 Å². The second-order valence-electron chi connectivity index (χ2n) is 4.37. The number of ether oxygens (including phenoxy) is 2. The van der Waals surface area contributed by atoms with Gasteiger partial charge >= 0.3 is 16.5 Å². The van der Waals surface area contributed by atoms with Crippen molar-refractivity contribution in [2.45, 2.75) is 4.52 Å². The van der Waals surface area contributed by atoms with E-state index in [4.69, 9.17) is 54.5 Å². The fourth-order valence-corrected chi connectivity index (χ4v) is 1.66. The maximum Gasteiger partial charge on any atom is 0.381 e. The van der Waals surface area contributed by atoms with Crippen LogP contribution in [0.5, 0.6) is 11.5 Å². The van der Waals surface area contributed by atoms with Gasteiger partial charge in [0.1, 0.15) is 11.5 Å². The van der Waals surface area contributed by atoms with E-state index >= 15 is 0 Å². The van der Waals surface area contributed by atoms with Gasteiger partial charge in [-0.15, -0.1) is 0 Å². The largest absolute Gasteiger partial charge is 0.482 e.